The van der Waals surface area contributed by atoms with Crippen molar-refractivity contribution in [1.82, 2.24) is 9.55 Å². The van der Waals surface area contributed by atoms with Gasteiger partial charge in [0.1, 0.15) is 0 Å². The van der Waals surface area contributed by atoms with Crippen LogP contribution in [0.4, 0.5) is 5.69 Å². The van der Waals surface area contributed by atoms with E-state index in [0.29, 0.717) is 6.54 Å². The lowest BCUT2D eigenvalue weighted by molar-refractivity contribution is 0.0640. The Hall–Kier alpha value is -3.28. The van der Waals surface area contributed by atoms with E-state index in [0.717, 1.165) is 49.2 Å². The molecular weight excluding hydrogens is 420 g/mol. The summed E-state index contributed by atoms with van der Waals surface area (Å²) < 4.78 is 7.77. The Balaban J connectivity index is 1.40. The highest BCUT2D eigenvalue weighted by Crippen LogP contribution is 2.25. The number of hydrogen-bond donors (Lipinski definition) is 1. The van der Waals surface area contributed by atoms with Crippen LogP contribution in [-0.4, -0.2) is 29.3 Å². The standard InChI is InChI=1S/C29H34N4O/c1-4-33-26(6-5-15-31-25-10-12-28(32-20-25)29(2,3)21-30)19-24-18-23(9-11-27(24)33)8-7-22-13-16-34-17-14-22/h9-12,18-20,22,31H,4,7-8,13-17H2,1-3H3. The zero-order valence-corrected chi connectivity index (χ0v) is 20.5. The van der Waals surface area contributed by atoms with Crippen molar-refractivity contribution in [2.45, 2.75) is 58.4 Å². The molecule has 1 aliphatic heterocycles. The van der Waals surface area contributed by atoms with Crippen LogP contribution >= 0.6 is 0 Å². The molecule has 0 unspecified atom stereocenters. The summed E-state index contributed by atoms with van der Waals surface area (Å²) in [6.45, 7) is 9.17. The lowest BCUT2D eigenvalue weighted by atomic mass is 9.91. The van der Waals surface area contributed by atoms with Crippen LogP contribution in [0.3, 0.4) is 0 Å². The number of benzene rings is 1. The number of ether oxygens (including phenoxy) is 1. The number of anilines is 1. The Morgan fingerprint density at radius 3 is 2.71 bits per heavy atom. The molecule has 5 nitrogen and oxygen atoms in total. The number of aromatic nitrogens is 2. The molecule has 0 radical (unpaired) electrons. The minimum absolute atomic E-state index is 0.532. The van der Waals surface area contributed by atoms with Crippen molar-refractivity contribution in [3.8, 4) is 17.9 Å². The average Bonchev–Trinajstić information content (AvgIpc) is 3.22. The van der Waals surface area contributed by atoms with Crippen molar-refractivity contribution in [2.75, 3.05) is 25.1 Å². The third kappa shape index (κ3) is 5.61. The second-order valence-electron chi connectivity index (χ2n) is 9.59. The third-order valence-electron chi connectivity index (χ3n) is 6.74. The van der Waals surface area contributed by atoms with E-state index in [1.54, 1.807) is 6.20 Å². The monoisotopic (exact) mass is 454 g/mol. The normalized spacial score (nSPS) is 14.4. The van der Waals surface area contributed by atoms with Gasteiger partial charge in [-0.25, -0.2) is 0 Å². The molecule has 5 heteroatoms. The van der Waals surface area contributed by atoms with Crippen molar-refractivity contribution in [1.29, 1.82) is 5.26 Å². The zero-order chi connectivity index (χ0) is 24.0. The van der Waals surface area contributed by atoms with Crippen molar-refractivity contribution in [3.63, 3.8) is 0 Å². The van der Waals surface area contributed by atoms with Gasteiger partial charge in [0.25, 0.3) is 0 Å². The predicted octanol–water partition coefficient (Wildman–Crippen LogP) is 5.68. The van der Waals surface area contributed by atoms with Crippen LogP contribution in [0.5, 0.6) is 0 Å². The molecule has 1 N–H and O–H groups in total. The van der Waals surface area contributed by atoms with E-state index in [1.807, 2.05) is 26.0 Å². The van der Waals surface area contributed by atoms with Crippen LogP contribution in [-0.2, 0) is 23.1 Å². The van der Waals surface area contributed by atoms with Gasteiger partial charge >= 0.3 is 0 Å². The Morgan fingerprint density at radius 2 is 2.00 bits per heavy atom. The van der Waals surface area contributed by atoms with Crippen molar-refractivity contribution in [3.05, 3.63) is 59.5 Å². The minimum Gasteiger partial charge on any atom is -0.381 e. The van der Waals surface area contributed by atoms with Gasteiger partial charge in [0, 0.05) is 30.7 Å². The summed E-state index contributed by atoms with van der Waals surface area (Å²) in [6, 6.07) is 15.2. The predicted molar refractivity (Wildman–Crippen MR) is 138 cm³/mol. The molecule has 0 amide bonds. The first-order valence-electron chi connectivity index (χ1n) is 12.3. The number of nitrogens with zero attached hydrogens (tertiary/aromatic N) is 3. The molecule has 34 heavy (non-hydrogen) atoms. The van der Waals surface area contributed by atoms with Crippen LogP contribution in [0.25, 0.3) is 10.9 Å². The van der Waals surface area contributed by atoms with Gasteiger partial charge in [-0.2, -0.15) is 5.26 Å². The maximum absolute atomic E-state index is 9.26. The second kappa shape index (κ2) is 10.8. The summed E-state index contributed by atoms with van der Waals surface area (Å²) in [5.41, 5.74) is 4.78. The van der Waals surface area contributed by atoms with Crippen LogP contribution < -0.4 is 5.32 Å². The molecule has 0 aliphatic carbocycles. The van der Waals surface area contributed by atoms with Gasteiger partial charge < -0.3 is 14.6 Å². The number of rotatable bonds is 7. The molecule has 1 aromatic carbocycles. The molecule has 1 saturated heterocycles. The highest BCUT2D eigenvalue weighted by Gasteiger charge is 2.20. The minimum atomic E-state index is -0.587. The zero-order valence-electron chi connectivity index (χ0n) is 20.5. The maximum Gasteiger partial charge on any atom is 0.0937 e. The number of nitriles is 1. The van der Waals surface area contributed by atoms with Crippen LogP contribution in [0.2, 0.25) is 0 Å². The lowest BCUT2D eigenvalue weighted by Crippen LogP contribution is -2.16. The summed E-state index contributed by atoms with van der Waals surface area (Å²) in [5, 5.41) is 13.8. The highest BCUT2D eigenvalue weighted by atomic mass is 16.5. The van der Waals surface area contributed by atoms with Crippen LogP contribution in [0.1, 0.15) is 57.0 Å². The Labute approximate surface area is 203 Å². The van der Waals surface area contributed by atoms with Gasteiger partial charge in [0.15, 0.2) is 0 Å². The molecule has 1 aliphatic rings. The Kier molecular flexibility index (Phi) is 7.56. The maximum atomic E-state index is 9.26. The average molecular weight is 455 g/mol. The van der Waals surface area contributed by atoms with Crippen molar-refractivity contribution in [2.24, 2.45) is 5.92 Å². The van der Waals surface area contributed by atoms with E-state index in [2.05, 4.69) is 64.0 Å². The first kappa shape index (κ1) is 23.9. The first-order valence-corrected chi connectivity index (χ1v) is 12.3. The number of aryl methyl sites for hydroxylation is 2. The highest BCUT2D eigenvalue weighted by molar-refractivity contribution is 5.83. The molecule has 3 heterocycles. The lowest BCUT2D eigenvalue weighted by Gasteiger charge is -2.21. The molecule has 1 fully saturated rings. The Bertz CT molecular complexity index is 1220. The first-order chi connectivity index (χ1) is 16.5. The molecule has 0 atom stereocenters. The van der Waals surface area contributed by atoms with Gasteiger partial charge in [0.2, 0.25) is 0 Å². The quantitative estimate of drug-likeness (QED) is 0.467. The summed E-state index contributed by atoms with van der Waals surface area (Å²) in [4.78, 5) is 4.42. The van der Waals surface area contributed by atoms with Crippen molar-refractivity contribution >= 4 is 16.6 Å². The molecular formula is C29H34N4O. The molecule has 176 valence electrons. The number of hydrogen-bond acceptors (Lipinski definition) is 4. The summed E-state index contributed by atoms with van der Waals surface area (Å²) in [7, 11) is 0. The molecule has 2 aromatic heterocycles. The molecule has 0 bridgehead atoms. The fourth-order valence-electron chi connectivity index (χ4n) is 4.53. The van der Waals surface area contributed by atoms with Gasteiger partial charge in [-0.15, -0.1) is 0 Å². The van der Waals surface area contributed by atoms with Gasteiger partial charge in [-0.1, -0.05) is 12.0 Å². The SMILES string of the molecule is CCn1c(C#CCNc2ccc(C(C)(C)C#N)nc2)cc2cc(CCC3CCOCC3)ccc21. The summed E-state index contributed by atoms with van der Waals surface area (Å²) in [6.07, 6.45) is 6.52. The van der Waals surface area contributed by atoms with Gasteiger partial charge in [-0.3, -0.25) is 4.98 Å². The van der Waals surface area contributed by atoms with Crippen LogP contribution in [0, 0.1) is 29.1 Å². The van der Waals surface area contributed by atoms with E-state index in [9.17, 15) is 5.26 Å². The van der Waals surface area contributed by atoms with Gasteiger partial charge in [0.05, 0.1) is 41.3 Å². The topological polar surface area (TPSA) is 62.9 Å². The Morgan fingerprint density at radius 1 is 1.18 bits per heavy atom. The third-order valence-corrected chi connectivity index (χ3v) is 6.74. The molecule has 0 saturated carbocycles. The van der Waals surface area contributed by atoms with E-state index in [-0.39, 0.29) is 0 Å². The van der Waals surface area contributed by atoms with Gasteiger partial charge in [-0.05, 0) is 94.2 Å². The molecule has 4 rings (SSSR count). The smallest absolute Gasteiger partial charge is 0.0937 e. The number of fused-ring (bicyclic) bond motifs is 1. The number of pyridine rings is 1. The van der Waals surface area contributed by atoms with E-state index >= 15 is 0 Å². The second-order valence-corrected chi connectivity index (χ2v) is 9.59. The molecule has 3 aromatic rings. The van der Waals surface area contributed by atoms with E-state index < -0.39 is 5.41 Å². The van der Waals surface area contributed by atoms with E-state index in [4.69, 9.17) is 4.74 Å². The van der Waals surface area contributed by atoms with Crippen LogP contribution in [0.15, 0.2) is 42.6 Å². The fourth-order valence-corrected chi connectivity index (χ4v) is 4.53. The summed E-state index contributed by atoms with van der Waals surface area (Å²) >= 11 is 0. The van der Waals surface area contributed by atoms with E-state index in [1.165, 1.54) is 35.7 Å². The number of nitrogens with one attached hydrogen (secondary N) is 1. The largest absolute Gasteiger partial charge is 0.381 e. The fraction of sp³-hybridized carbons (Fsp3) is 0.448. The summed E-state index contributed by atoms with van der Waals surface area (Å²) in [5.74, 6) is 7.39. The van der Waals surface area contributed by atoms with Crippen molar-refractivity contribution < 1.29 is 4.74 Å². The molecule has 0 spiro atoms.